The predicted molar refractivity (Wildman–Crippen MR) is 95.9 cm³/mol. The van der Waals surface area contributed by atoms with Gasteiger partial charge in [-0.25, -0.2) is 8.78 Å². The smallest absolute Gasteiger partial charge is 0.215 e. The van der Waals surface area contributed by atoms with Crippen LogP contribution in [-0.2, 0) is 22.6 Å². The van der Waals surface area contributed by atoms with E-state index < -0.39 is 18.2 Å². The third-order valence-electron chi connectivity index (χ3n) is 4.40. The number of aliphatic hydroxyl groups excluding tert-OH is 1. The van der Waals surface area contributed by atoms with Gasteiger partial charge in [0.1, 0.15) is 0 Å². The Morgan fingerprint density at radius 3 is 2.62 bits per heavy atom. The van der Waals surface area contributed by atoms with Gasteiger partial charge in [-0.3, -0.25) is 9.79 Å². The summed E-state index contributed by atoms with van der Waals surface area (Å²) in [6.07, 6.45) is 7.12. The molecule has 0 aliphatic heterocycles. The summed E-state index contributed by atoms with van der Waals surface area (Å²) in [6, 6.07) is 2.89. The van der Waals surface area contributed by atoms with E-state index in [-0.39, 0.29) is 22.8 Å². The number of benzene rings is 1. The van der Waals surface area contributed by atoms with Gasteiger partial charge in [0.2, 0.25) is 5.90 Å². The van der Waals surface area contributed by atoms with Crippen LogP contribution in [0.2, 0.25) is 0 Å². The van der Waals surface area contributed by atoms with Crippen molar-refractivity contribution in [3.63, 3.8) is 0 Å². The van der Waals surface area contributed by atoms with Gasteiger partial charge in [0.15, 0.2) is 17.4 Å². The largest absolute Gasteiger partial charge is 0.481 e. The average molecular weight is 363 g/mol. The van der Waals surface area contributed by atoms with E-state index in [0.717, 1.165) is 5.57 Å². The normalized spacial score (nSPS) is 17.9. The molecule has 1 aliphatic rings. The Labute approximate surface area is 151 Å². The Balaban J connectivity index is 2.05. The van der Waals surface area contributed by atoms with Crippen LogP contribution in [-0.4, -0.2) is 30.9 Å². The van der Waals surface area contributed by atoms with Crippen molar-refractivity contribution in [2.45, 2.75) is 32.3 Å². The van der Waals surface area contributed by atoms with Gasteiger partial charge in [0.05, 0.1) is 13.7 Å². The predicted octanol–water partition coefficient (Wildman–Crippen LogP) is 3.53. The molecule has 0 aromatic heterocycles. The Bertz CT molecular complexity index is 754. The van der Waals surface area contributed by atoms with Crippen molar-refractivity contribution < 1.29 is 23.4 Å². The maximum atomic E-state index is 14.0. The average Bonchev–Trinajstić information content (AvgIpc) is 2.81. The summed E-state index contributed by atoms with van der Waals surface area (Å²) >= 11 is 0. The molecule has 2 rings (SSSR count). The first-order chi connectivity index (χ1) is 12.5. The highest BCUT2D eigenvalue weighted by Gasteiger charge is 2.18. The molecule has 1 N–H and O–H groups in total. The highest BCUT2D eigenvalue weighted by molar-refractivity contribution is 6.00. The third kappa shape index (κ3) is 4.85. The van der Waals surface area contributed by atoms with Crippen LogP contribution in [0.1, 0.15) is 30.4 Å². The third-order valence-corrected chi connectivity index (χ3v) is 4.40. The first kappa shape index (κ1) is 20.0. The van der Waals surface area contributed by atoms with Crippen LogP contribution in [0.4, 0.5) is 8.78 Å². The summed E-state index contributed by atoms with van der Waals surface area (Å²) in [5.74, 6) is -1.47. The number of ether oxygens (including phenoxy) is 1. The molecule has 140 valence electrons. The first-order valence-corrected chi connectivity index (χ1v) is 8.50. The van der Waals surface area contributed by atoms with Crippen molar-refractivity contribution >= 4 is 11.7 Å². The van der Waals surface area contributed by atoms with Gasteiger partial charge in [-0.15, -0.1) is 0 Å². The van der Waals surface area contributed by atoms with Crippen LogP contribution >= 0.6 is 0 Å². The number of ketones is 1. The summed E-state index contributed by atoms with van der Waals surface area (Å²) in [7, 11) is 3.13. The lowest BCUT2D eigenvalue weighted by atomic mass is 9.94. The number of rotatable bonds is 6. The summed E-state index contributed by atoms with van der Waals surface area (Å²) in [5, 5.41) is 8.97. The molecule has 0 heterocycles. The summed E-state index contributed by atoms with van der Waals surface area (Å²) in [4.78, 5) is 16.0. The fraction of sp³-hybridized carbons (Fsp3) is 0.400. The number of nitrogens with zero attached hydrogens (tertiary/aromatic N) is 1. The quantitative estimate of drug-likeness (QED) is 0.621. The van der Waals surface area contributed by atoms with Gasteiger partial charge < -0.3 is 9.84 Å². The maximum absolute atomic E-state index is 14.0. The van der Waals surface area contributed by atoms with Crippen LogP contribution in [0.25, 0.3) is 0 Å². The fourth-order valence-electron chi connectivity index (χ4n) is 3.04. The molecule has 1 atom stereocenters. The summed E-state index contributed by atoms with van der Waals surface area (Å²) in [5.41, 5.74) is 0.968. The minimum atomic E-state index is -0.995. The number of hydrogen-bond acceptors (Lipinski definition) is 4. The second-order valence-corrected chi connectivity index (χ2v) is 6.18. The molecule has 6 heteroatoms. The number of allylic oxidation sites excluding steroid dienone is 2. The number of hydrogen-bond donors (Lipinski definition) is 1. The zero-order chi connectivity index (χ0) is 19.1. The first-order valence-electron chi connectivity index (χ1n) is 8.50. The van der Waals surface area contributed by atoms with Crippen LogP contribution in [0.15, 0.2) is 40.9 Å². The molecule has 26 heavy (non-hydrogen) atoms. The minimum Gasteiger partial charge on any atom is -0.481 e. The lowest BCUT2D eigenvalue weighted by molar-refractivity contribution is -0.115. The molecule has 1 aliphatic carbocycles. The zero-order valence-corrected chi connectivity index (χ0v) is 15.0. The molecule has 0 fully saturated rings. The molecule has 0 saturated carbocycles. The van der Waals surface area contributed by atoms with Crippen molar-refractivity contribution in [3.8, 4) is 0 Å². The van der Waals surface area contributed by atoms with E-state index in [9.17, 15) is 13.6 Å². The topological polar surface area (TPSA) is 58.9 Å². The van der Waals surface area contributed by atoms with E-state index in [2.05, 4.69) is 4.99 Å². The van der Waals surface area contributed by atoms with Crippen LogP contribution in [0.5, 0.6) is 0 Å². The van der Waals surface area contributed by atoms with Gasteiger partial charge >= 0.3 is 0 Å². The van der Waals surface area contributed by atoms with Crippen molar-refractivity contribution in [1.29, 1.82) is 0 Å². The number of halogens is 2. The van der Waals surface area contributed by atoms with Crippen molar-refractivity contribution in [3.05, 3.63) is 58.7 Å². The molecule has 0 amide bonds. The highest BCUT2D eigenvalue weighted by atomic mass is 19.2. The SMILES string of the molecule is CN=C(OC)C1=CC(CCCc2ccc(CO)c(F)c2F)CC(=O)C=C1. The number of aryl methyl sites for hydroxylation is 1. The van der Waals surface area contributed by atoms with Gasteiger partial charge in [-0.1, -0.05) is 18.2 Å². The molecular formula is C20H23F2NO3. The molecular weight excluding hydrogens is 340 g/mol. The number of carbonyl (C=O) groups is 1. The fourth-order valence-corrected chi connectivity index (χ4v) is 3.04. The molecule has 4 nitrogen and oxygen atoms in total. The Kier molecular flexibility index (Phi) is 7.21. The van der Waals surface area contributed by atoms with Crippen LogP contribution < -0.4 is 0 Å². The highest BCUT2D eigenvalue weighted by Crippen LogP contribution is 2.24. The zero-order valence-electron chi connectivity index (χ0n) is 15.0. The Morgan fingerprint density at radius 1 is 1.27 bits per heavy atom. The van der Waals surface area contributed by atoms with E-state index in [0.29, 0.717) is 31.6 Å². The van der Waals surface area contributed by atoms with E-state index in [1.165, 1.54) is 25.3 Å². The number of aliphatic imine (C=N–C) groups is 1. The molecule has 1 aromatic carbocycles. The Morgan fingerprint density at radius 2 is 1.96 bits per heavy atom. The van der Waals surface area contributed by atoms with Gasteiger partial charge in [0.25, 0.3) is 0 Å². The lowest BCUT2D eigenvalue weighted by Crippen LogP contribution is -2.07. The van der Waals surface area contributed by atoms with E-state index in [4.69, 9.17) is 9.84 Å². The molecule has 0 bridgehead atoms. The standard InChI is InChI=1S/C20H23F2NO3/c1-23-20(26-2)15-8-9-17(25)11-13(10-15)4-3-5-14-6-7-16(12-24)19(22)18(14)21/h6-10,13,24H,3-5,11-12H2,1-2H3. The molecule has 0 radical (unpaired) electrons. The van der Waals surface area contributed by atoms with Crippen LogP contribution in [0.3, 0.4) is 0 Å². The number of carbonyl (C=O) groups excluding carboxylic acids is 1. The molecule has 1 unspecified atom stereocenters. The number of aliphatic hydroxyl groups is 1. The van der Waals surface area contributed by atoms with E-state index >= 15 is 0 Å². The summed E-state index contributed by atoms with van der Waals surface area (Å²) in [6.45, 7) is -0.533. The number of methoxy groups -OCH3 is 1. The maximum Gasteiger partial charge on any atom is 0.215 e. The monoisotopic (exact) mass is 363 g/mol. The van der Waals surface area contributed by atoms with E-state index in [1.54, 1.807) is 13.1 Å². The van der Waals surface area contributed by atoms with Crippen molar-refractivity contribution in [2.24, 2.45) is 10.9 Å². The second kappa shape index (κ2) is 9.38. The van der Waals surface area contributed by atoms with Crippen molar-refractivity contribution in [2.75, 3.05) is 14.2 Å². The van der Waals surface area contributed by atoms with Crippen LogP contribution in [0, 0.1) is 17.6 Å². The minimum absolute atomic E-state index is 0.0114. The molecule has 0 saturated heterocycles. The van der Waals surface area contributed by atoms with Gasteiger partial charge in [-0.05, 0) is 42.9 Å². The molecule has 1 aromatic rings. The van der Waals surface area contributed by atoms with Crippen molar-refractivity contribution in [1.82, 2.24) is 0 Å². The molecule has 0 spiro atoms. The van der Waals surface area contributed by atoms with Gasteiger partial charge in [0, 0.05) is 24.6 Å². The second-order valence-electron chi connectivity index (χ2n) is 6.18. The van der Waals surface area contributed by atoms with E-state index in [1.807, 2.05) is 6.08 Å². The van der Waals surface area contributed by atoms with Gasteiger partial charge in [-0.2, -0.15) is 0 Å². The lowest BCUT2D eigenvalue weighted by Gasteiger charge is -2.12. The Hall–Kier alpha value is -2.34. The summed E-state index contributed by atoms with van der Waals surface area (Å²) < 4.78 is 33.0.